The highest BCUT2D eigenvalue weighted by molar-refractivity contribution is 7.99. The average molecular weight is 444 g/mol. The molecule has 0 amide bonds. The standard InChI is InChI=1S/C20H25N7OS2/c1-4-13(2)12-26(9-10-28-3)19-22-15-6-5-14(11-16(15)30-19)29-20-24-23-18-8-7-17(21)25-27(18)20/h5-8,11,13H,4,9-10,12H2,1-3H3,(H2,21,25). The molecule has 0 spiro atoms. The highest BCUT2D eigenvalue weighted by Crippen LogP contribution is 2.34. The highest BCUT2D eigenvalue weighted by atomic mass is 32.2. The Morgan fingerprint density at radius 2 is 2.13 bits per heavy atom. The zero-order chi connectivity index (χ0) is 21.1. The van der Waals surface area contributed by atoms with Gasteiger partial charge in [0, 0.05) is 25.1 Å². The van der Waals surface area contributed by atoms with E-state index < -0.39 is 0 Å². The Labute approximate surface area is 183 Å². The van der Waals surface area contributed by atoms with Gasteiger partial charge in [-0.3, -0.25) is 0 Å². The average Bonchev–Trinajstić information content (AvgIpc) is 3.34. The van der Waals surface area contributed by atoms with Gasteiger partial charge in [-0.2, -0.15) is 4.52 Å². The quantitative estimate of drug-likeness (QED) is 0.415. The van der Waals surface area contributed by atoms with Crippen molar-refractivity contribution in [2.75, 3.05) is 37.4 Å². The van der Waals surface area contributed by atoms with Crippen LogP contribution in [0.4, 0.5) is 10.9 Å². The number of benzene rings is 1. The monoisotopic (exact) mass is 443 g/mol. The van der Waals surface area contributed by atoms with Crippen LogP contribution < -0.4 is 10.6 Å². The van der Waals surface area contributed by atoms with E-state index in [1.807, 2.05) is 6.07 Å². The second-order valence-electron chi connectivity index (χ2n) is 7.19. The van der Waals surface area contributed by atoms with Crippen LogP contribution in [-0.2, 0) is 4.74 Å². The Morgan fingerprint density at radius 3 is 2.93 bits per heavy atom. The van der Waals surface area contributed by atoms with Crippen molar-refractivity contribution >= 4 is 49.9 Å². The maximum absolute atomic E-state index is 5.81. The van der Waals surface area contributed by atoms with Gasteiger partial charge in [-0.1, -0.05) is 31.6 Å². The first-order valence-electron chi connectivity index (χ1n) is 9.87. The van der Waals surface area contributed by atoms with E-state index in [4.69, 9.17) is 15.5 Å². The van der Waals surface area contributed by atoms with E-state index in [9.17, 15) is 0 Å². The summed E-state index contributed by atoms with van der Waals surface area (Å²) in [5, 5.41) is 14.4. The molecule has 10 heteroatoms. The number of thiazole rings is 1. The van der Waals surface area contributed by atoms with Crippen LogP contribution in [0.2, 0.25) is 0 Å². The van der Waals surface area contributed by atoms with Crippen molar-refractivity contribution in [3.8, 4) is 0 Å². The minimum absolute atomic E-state index is 0.434. The lowest BCUT2D eigenvalue weighted by Gasteiger charge is -2.24. The Bertz CT molecular complexity index is 1140. The lowest BCUT2D eigenvalue weighted by atomic mass is 10.1. The number of ether oxygens (including phenoxy) is 1. The molecule has 0 radical (unpaired) electrons. The van der Waals surface area contributed by atoms with E-state index in [2.05, 4.69) is 52.2 Å². The fraction of sp³-hybridized carbons (Fsp3) is 0.400. The molecule has 0 fully saturated rings. The molecule has 0 saturated carbocycles. The normalized spacial score (nSPS) is 12.6. The van der Waals surface area contributed by atoms with Gasteiger partial charge in [-0.05, 0) is 48.0 Å². The SMILES string of the molecule is CCC(C)CN(CCOC)c1nc2ccc(Sc3nnc4ccc(N)nn34)cc2s1. The smallest absolute Gasteiger partial charge is 0.217 e. The summed E-state index contributed by atoms with van der Waals surface area (Å²) in [5.41, 5.74) is 7.49. The van der Waals surface area contributed by atoms with E-state index >= 15 is 0 Å². The van der Waals surface area contributed by atoms with Gasteiger partial charge in [0.1, 0.15) is 5.82 Å². The molecule has 0 aliphatic carbocycles. The van der Waals surface area contributed by atoms with Crippen molar-refractivity contribution in [1.29, 1.82) is 0 Å². The number of hydrogen-bond acceptors (Lipinski definition) is 9. The molecule has 8 nitrogen and oxygen atoms in total. The number of rotatable bonds is 9. The number of nitrogen functional groups attached to an aromatic ring is 1. The van der Waals surface area contributed by atoms with E-state index in [-0.39, 0.29) is 0 Å². The van der Waals surface area contributed by atoms with E-state index in [1.54, 1.807) is 29.0 Å². The summed E-state index contributed by atoms with van der Waals surface area (Å²) in [4.78, 5) is 8.25. The molecule has 4 aromatic rings. The van der Waals surface area contributed by atoms with Gasteiger partial charge in [0.05, 0.1) is 16.8 Å². The number of methoxy groups -OCH3 is 1. The predicted molar refractivity (Wildman–Crippen MR) is 122 cm³/mol. The Morgan fingerprint density at radius 1 is 1.27 bits per heavy atom. The predicted octanol–water partition coefficient (Wildman–Crippen LogP) is 3.97. The summed E-state index contributed by atoms with van der Waals surface area (Å²) in [7, 11) is 1.74. The molecule has 4 rings (SSSR count). The molecule has 1 unspecified atom stereocenters. The number of nitrogens with two attached hydrogens (primary N) is 1. The van der Waals surface area contributed by atoms with Gasteiger partial charge in [0.15, 0.2) is 10.8 Å². The lowest BCUT2D eigenvalue weighted by Crippen LogP contribution is -2.31. The van der Waals surface area contributed by atoms with Crippen molar-refractivity contribution in [3.05, 3.63) is 30.3 Å². The highest BCUT2D eigenvalue weighted by Gasteiger charge is 2.16. The summed E-state index contributed by atoms with van der Waals surface area (Å²) in [6, 6.07) is 9.78. The van der Waals surface area contributed by atoms with Crippen LogP contribution in [0.1, 0.15) is 20.3 Å². The lowest BCUT2D eigenvalue weighted by molar-refractivity contribution is 0.204. The minimum atomic E-state index is 0.434. The molecule has 1 atom stereocenters. The van der Waals surface area contributed by atoms with Crippen molar-refractivity contribution in [2.45, 2.75) is 30.3 Å². The maximum Gasteiger partial charge on any atom is 0.217 e. The van der Waals surface area contributed by atoms with Crippen LogP contribution in [0, 0.1) is 5.92 Å². The van der Waals surface area contributed by atoms with Gasteiger partial charge in [0.25, 0.3) is 0 Å². The van der Waals surface area contributed by atoms with Gasteiger partial charge < -0.3 is 15.4 Å². The largest absolute Gasteiger partial charge is 0.383 e. The molecular formula is C20H25N7OS2. The van der Waals surface area contributed by atoms with Crippen LogP contribution >= 0.6 is 23.1 Å². The number of aromatic nitrogens is 5. The van der Waals surface area contributed by atoms with Crippen molar-refractivity contribution in [3.63, 3.8) is 0 Å². The molecule has 3 aromatic heterocycles. The molecular weight excluding hydrogens is 418 g/mol. The van der Waals surface area contributed by atoms with Crippen LogP contribution in [0.25, 0.3) is 15.9 Å². The molecule has 1 aromatic carbocycles. The first kappa shape index (κ1) is 20.8. The zero-order valence-corrected chi connectivity index (χ0v) is 18.9. The van der Waals surface area contributed by atoms with Gasteiger partial charge in [-0.15, -0.1) is 15.3 Å². The third-order valence-corrected chi connectivity index (χ3v) is 6.88. The van der Waals surface area contributed by atoms with E-state index in [1.165, 1.54) is 11.8 Å². The number of nitrogens with zero attached hydrogens (tertiary/aromatic N) is 6. The molecule has 158 valence electrons. The molecule has 0 aliphatic heterocycles. The van der Waals surface area contributed by atoms with Crippen LogP contribution in [0.5, 0.6) is 0 Å². The van der Waals surface area contributed by atoms with Crippen LogP contribution in [-0.4, -0.2) is 51.6 Å². The number of fused-ring (bicyclic) bond motifs is 2. The summed E-state index contributed by atoms with van der Waals surface area (Å²) in [6.07, 6.45) is 1.14. The fourth-order valence-corrected chi connectivity index (χ4v) is 4.96. The second-order valence-corrected chi connectivity index (χ2v) is 9.24. The summed E-state index contributed by atoms with van der Waals surface area (Å²) < 4.78 is 8.12. The van der Waals surface area contributed by atoms with E-state index in [0.29, 0.717) is 29.1 Å². The zero-order valence-electron chi connectivity index (χ0n) is 17.3. The third-order valence-electron chi connectivity index (χ3n) is 4.88. The molecule has 2 N–H and O–H groups in total. The van der Waals surface area contributed by atoms with Crippen LogP contribution in [0.15, 0.2) is 40.4 Å². The molecule has 30 heavy (non-hydrogen) atoms. The molecule has 0 bridgehead atoms. The summed E-state index contributed by atoms with van der Waals surface area (Å²) >= 11 is 3.22. The summed E-state index contributed by atoms with van der Waals surface area (Å²) in [6.45, 7) is 6.98. The molecule has 0 saturated heterocycles. The first-order valence-corrected chi connectivity index (χ1v) is 11.5. The topological polar surface area (TPSA) is 94.5 Å². The first-order chi connectivity index (χ1) is 14.6. The van der Waals surface area contributed by atoms with E-state index in [0.717, 1.165) is 39.8 Å². The second kappa shape index (κ2) is 9.15. The Kier molecular flexibility index (Phi) is 6.35. The number of anilines is 2. The van der Waals surface area contributed by atoms with Crippen molar-refractivity contribution in [2.24, 2.45) is 5.92 Å². The van der Waals surface area contributed by atoms with Crippen molar-refractivity contribution in [1.82, 2.24) is 24.8 Å². The number of hydrogen-bond donors (Lipinski definition) is 1. The van der Waals surface area contributed by atoms with Gasteiger partial charge in [-0.25, -0.2) is 4.98 Å². The molecule has 3 heterocycles. The van der Waals surface area contributed by atoms with Gasteiger partial charge in [0.2, 0.25) is 5.16 Å². The molecule has 0 aliphatic rings. The minimum Gasteiger partial charge on any atom is -0.383 e. The Hall–Kier alpha value is -2.43. The van der Waals surface area contributed by atoms with Crippen LogP contribution in [0.3, 0.4) is 0 Å². The van der Waals surface area contributed by atoms with Crippen molar-refractivity contribution < 1.29 is 4.74 Å². The third kappa shape index (κ3) is 4.50. The maximum atomic E-state index is 5.81. The van der Waals surface area contributed by atoms with Gasteiger partial charge >= 0.3 is 0 Å². The fourth-order valence-electron chi connectivity index (χ4n) is 3.02. The summed E-state index contributed by atoms with van der Waals surface area (Å²) in [5.74, 6) is 1.03. The Balaban J connectivity index is 1.60.